The SMILES string of the molecule is Cc1ccc(-c2nc3cccnc3s2)cc1NC(=O)c1c(F)cccc1Cl. The summed E-state index contributed by atoms with van der Waals surface area (Å²) in [4.78, 5) is 22.3. The molecule has 0 saturated carbocycles. The van der Waals surface area contributed by atoms with E-state index in [0.717, 1.165) is 26.5 Å². The molecule has 0 spiro atoms. The van der Waals surface area contributed by atoms with Gasteiger partial charge in [-0.25, -0.2) is 14.4 Å². The fraction of sp³-hybridized carbons (Fsp3) is 0.0500. The molecule has 134 valence electrons. The number of aryl methyl sites for hydroxylation is 1. The summed E-state index contributed by atoms with van der Waals surface area (Å²) >= 11 is 7.46. The van der Waals surface area contributed by atoms with Gasteiger partial charge in [0.2, 0.25) is 0 Å². The number of amides is 1. The zero-order valence-corrected chi connectivity index (χ0v) is 15.7. The molecule has 0 radical (unpaired) electrons. The summed E-state index contributed by atoms with van der Waals surface area (Å²) in [5, 5.41) is 3.61. The third-order valence-electron chi connectivity index (χ3n) is 4.09. The summed E-state index contributed by atoms with van der Waals surface area (Å²) in [6, 6.07) is 13.5. The molecule has 27 heavy (non-hydrogen) atoms. The normalized spacial score (nSPS) is 10.9. The molecule has 1 amide bonds. The van der Waals surface area contributed by atoms with Crippen molar-refractivity contribution in [1.29, 1.82) is 0 Å². The Kier molecular flexibility index (Phi) is 4.59. The van der Waals surface area contributed by atoms with Gasteiger partial charge in [-0.15, -0.1) is 0 Å². The van der Waals surface area contributed by atoms with Gasteiger partial charge in [-0.2, -0.15) is 0 Å². The molecule has 0 aliphatic carbocycles. The zero-order valence-electron chi connectivity index (χ0n) is 14.2. The second-order valence-corrected chi connectivity index (χ2v) is 7.31. The van der Waals surface area contributed by atoms with Crippen LogP contribution in [-0.4, -0.2) is 15.9 Å². The Morgan fingerprint density at radius 2 is 2.04 bits per heavy atom. The second kappa shape index (κ2) is 7.06. The Morgan fingerprint density at radius 3 is 2.81 bits per heavy atom. The number of rotatable bonds is 3. The maximum Gasteiger partial charge on any atom is 0.260 e. The first-order chi connectivity index (χ1) is 13.0. The summed E-state index contributed by atoms with van der Waals surface area (Å²) in [5.74, 6) is -1.25. The predicted molar refractivity (Wildman–Crippen MR) is 107 cm³/mol. The van der Waals surface area contributed by atoms with E-state index >= 15 is 0 Å². The number of hydrogen-bond donors (Lipinski definition) is 1. The lowest BCUT2D eigenvalue weighted by atomic mass is 10.1. The van der Waals surface area contributed by atoms with Crippen molar-refractivity contribution in [2.75, 3.05) is 5.32 Å². The Hall–Kier alpha value is -2.83. The minimum Gasteiger partial charge on any atom is -0.322 e. The largest absolute Gasteiger partial charge is 0.322 e. The Labute approximate surface area is 163 Å². The first-order valence-electron chi connectivity index (χ1n) is 8.11. The van der Waals surface area contributed by atoms with Gasteiger partial charge in [-0.3, -0.25) is 4.79 Å². The number of carbonyl (C=O) groups is 1. The topological polar surface area (TPSA) is 54.9 Å². The van der Waals surface area contributed by atoms with Gasteiger partial charge in [0.05, 0.1) is 10.6 Å². The highest BCUT2D eigenvalue weighted by Gasteiger charge is 2.17. The van der Waals surface area contributed by atoms with Gasteiger partial charge >= 0.3 is 0 Å². The minimum absolute atomic E-state index is 0.0681. The highest BCUT2D eigenvalue weighted by atomic mass is 35.5. The number of carbonyl (C=O) groups excluding carboxylic acids is 1. The average molecular weight is 398 g/mol. The molecular formula is C20H13ClFN3OS. The Morgan fingerprint density at radius 1 is 1.19 bits per heavy atom. The van der Waals surface area contributed by atoms with Crippen molar-refractivity contribution in [1.82, 2.24) is 9.97 Å². The van der Waals surface area contributed by atoms with Crippen LogP contribution in [-0.2, 0) is 0 Å². The van der Waals surface area contributed by atoms with Gasteiger partial charge in [0.1, 0.15) is 21.2 Å². The molecule has 0 bridgehead atoms. The quantitative estimate of drug-likeness (QED) is 0.481. The van der Waals surface area contributed by atoms with Crippen molar-refractivity contribution < 1.29 is 9.18 Å². The van der Waals surface area contributed by atoms with Crippen molar-refractivity contribution in [3.63, 3.8) is 0 Å². The summed E-state index contributed by atoms with van der Waals surface area (Å²) in [6.45, 7) is 1.86. The van der Waals surface area contributed by atoms with E-state index in [4.69, 9.17) is 11.6 Å². The van der Waals surface area contributed by atoms with E-state index in [2.05, 4.69) is 15.3 Å². The maximum atomic E-state index is 14.0. The van der Waals surface area contributed by atoms with Gasteiger partial charge < -0.3 is 5.32 Å². The van der Waals surface area contributed by atoms with E-state index in [0.29, 0.717) is 5.69 Å². The summed E-state index contributed by atoms with van der Waals surface area (Å²) in [6.07, 6.45) is 1.73. The van der Waals surface area contributed by atoms with Crippen LogP contribution in [0.25, 0.3) is 20.9 Å². The van der Waals surface area contributed by atoms with Crippen LogP contribution in [0, 0.1) is 12.7 Å². The molecule has 4 rings (SSSR count). The minimum atomic E-state index is -0.661. The van der Waals surface area contributed by atoms with Crippen LogP contribution in [0.3, 0.4) is 0 Å². The molecule has 2 heterocycles. The van der Waals surface area contributed by atoms with Gasteiger partial charge in [-0.05, 0) is 42.8 Å². The lowest BCUT2D eigenvalue weighted by Gasteiger charge is -2.11. The fourth-order valence-electron chi connectivity index (χ4n) is 2.68. The number of nitrogens with one attached hydrogen (secondary N) is 1. The molecule has 0 unspecified atom stereocenters. The molecule has 0 aliphatic rings. The predicted octanol–water partition coefficient (Wildman–Crippen LogP) is 5.71. The number of pyridine rings is 1. The van der Waals surface area contributed by atoms with E-state index in [-0.39, 0.29) is 10.6 Å². The molecule has 0 aliphatic heterocycles. The molecule has 0 saturated heterocycles. The number of thiazole rings is 1. The molecule has 2 aromatic carbocycles. The first kappa shape index (κ1) is 17.6. The van der Waals surface area contributed by atoms with Crippen molar-refractivity contribution >= 4 is 44.9 Å². The van der Waals surface area contributed by atoms with Gasteiger partial charge in [0, 0.05) is 17.4 Å². The molecule has 0 fully saturated rings. The van der Waals surface area contributed by atoms with Crippen LogP contribution >= 0.6 is 22.9 Å². The highest BCUT2D eigenvalue weighted by molar-refractivity contribution is 7.21. The summed E-state index contributed by atoms with van der Waals surface area (Å²) in [5.41, 5.74) is 2.91. The van der Waals surface area contributed by atoms with Crippen LogP contribution in [0.1, 0.15) is 15.9 Å². The molecule has 1 N–H and O–H groups in total. The lowest BCUT2D eigenvalue weighted by Crippen LogP contribution is -2.15. The molecule has 2 aromatic heterocycles. The molecule has 4 aromatic rings. The summed E-state index contributed by atoms with van der Waals surface area (Å²) in [7, 11) is 0. The average Bonchev–Trinajstić information content (AvgIpc) is 3.07. The smallest absolute Gasteiger partial charge is 0.260 e. The number of aromatic nitrogens is 2. The van der Waals surface area contributed by atoms with Crippen LogP contribution < -0.4 is 5.32 Å². The number of nitrogens with zero attached hydrogens (tertiary/aromatic N) is 2. The molecule has 0 atom stereocenters. The number of anilines is 1. The van der Waals surface area contributed by atoms with E-state index in [9.17, 15) is 9.18 Å². The van der Waals surface area contributed by atoms with Crippen LogP contribution in [0.2, 0.25) is 5.02 Å². The van der Waals surface area contributed by atoms with E-state index in [1.54, 1.807) is 6.20 Å². The van der Waals surface area contributed by atoms with Gasteiger partial charge in [0.25, 0.3) is 5.91 Å². The molecular weight excluding hydrogens is 385 g/mol. The second-order valence-electron chi connectivity index (χ2n) is 5.93. The van der Waals surface area contributed by atoms with Gasteiger partial charge in [-0.1, -0.05) is 41.1 Å². The van der Waals surface area contributed by atoms with Gasteiger partial charge in [0.15, 0.2) is 0 Å². The first-order valence-corrected chi connectivity index (χ1v) is 9.30. The van der Waals surface area contributed by atoms with Crippen molar-refractivity contribution in [3.05, 3.63) is 76.7 Å². The van der Waals surface area contributed by atoms with E-state index in [1.165, 1.54) is 29.5 Å². The van der Waals surface area contributed by atoms with E-state index < -0.39 is 11.7 Å². The highest BCUT2D eigenvalue weighted by Crippen LogP contribution is 2.32. The molecule has 7 heteroatoms. The van der Waals surface area contributed by atoms with E-state index in [1.807, 2.05) is 37.3 Å². The van der Waals surface area contributed by atoms with Crippen molar-refractivity contribution in [2.24, 2.45) is 0 Å². The van der Waals surface area contributed by atoms with Crippen molar-refractivity contribution in [2.45, 2.75) is 6.92 Å². The van der Waals surface area contributed by atoms with Crippen LogP contribution in [0.15, 0.2) is 54.7 Å². The number of benzene rings is 2. The van der Waals surface area contributed by atoms with Crippen LogP contribution in [0.5, 0.6) is 0 Å². The number of fused-ring (bicyclic) bond motifs is 1. The summed E-state index contributed by atoms with van der Waals surface area (Å²) < 4.78 is 14.0. The number of hydrogen-bond acceptors (Lipinski definition) is 4. The Balaban J connectivity index is 1.69. The third kappa shape index (κ3) is 3.41. The maximum absolute atomic E-state index is 14.0. The third-order valence-corrected chi connectivity index (χ3v) is 5.43. The van der Waals surface area contributed by atoms with Crippen LogP contribution in [0.4, 0.5) is 10.1 Å². The standard InChI is InChI=1S/C20H13ClFN3OS/c1-11-7-8-12(19-25-15-6-3-9-23-20(15)27-19)10-16(11)24-18(26)17-13(21)4-2-5-14(17)22/h2-10H,1H3,(H,24,26). The lowest BCUT2D eigenvalue weighted by molar-refractivity contribution is 0.102. The fourth-order valence-corrected chi connectivity index (χ4v) is 3.84. The number of halogens is 2. The van der Waals surface area contributed by atoms with Crippen molar-refractivity contribution in [3.8, 4) is 10.6 Å². The Bertz CT molecular complexity index is 1120. The monoisotopic (exact) mass is 397 g/mol. The molecule has 4 nitrogen and oxygen atoms in total. The zero-order chi connectivity index (χ0) is 19.0.